The third-order valence-corrected chi connectivity index (χ3v) is 4.01. The van der Waals surface area contributed by atoms with Gasteiger partial charge in [-0.15, -0.1) is 0 Å². The van der Waals surface area contributed by atoms with Crippen LogP contribution in [-0.2, 0) is 6.54 Å². The van der Waals surface area contributed by atoms with Gasteiger partial charge < -0.3 is 5.32 Å². The van der Waals surface area contributed by atoms with Crippen molar-refractivity contribution in [3.05, 3.63) is 30.1 Å². The Kier molecular flexibility index (Phi) is 3.91. The molecule has 0 bridgehead atoms. The monoisotopic (exact) mass is 245 g/mol. The minimum atomic E-state index is 0.714. The molecule has 0 aromatic carbocycles. The molecule has 1 atom stereocenters. The Hall–Kier alpha value is -0.930. The van der Waals surface area contributed by atoms with Gasteiger partial charge in [0.15, 0.2) is 0 Å². The summed E-state index contributed by atoms with van der Waals surface area (Å²) in [5.41, 5.74) is 1.39. The van der Waals surface area contributed by atoms with Gasteiger partial charge in [-0.05, 0) is 55.8 Å². The number of rotatable bonds is 6. The highest BCUT2D eigenvalue weighted by atomic mass is 15.2. The first kappa shape index (κ1) is 12.1. The number of aromatic nitrogens is 1. The van der Waals surface area contributed by atoms with Crippen molar-refractivity contribution in [3.8, 4) is 0 Å². The number of nitrogens with zero attached hydrogens (tertiary/aromatic N) is 2. The molecule has 1 N–H and O–H groups in total. The topological polar surface area (TPSA) is 28.2 Å². The zero-order valence-electron chi connectivity index (χ0n) is 11.0. The van der Waals surface area contributed by atoms with E-state index >= 15 is 0 Å². The fourth-order valence-electron chi connectivity index (χ4n) is 2.84. The van der Waals surface area contributed by atoms with Crippen LogP contribution in [0.5, 0.6) is 0 Å². The van der Waals surface area contributed by atoms with Gasteiger partial charge in [-0.2, -0.15) is 0 Å². The van der Waals surface area contributed by atoms with Crippen LogP contribution in [0.4, 0.5) is 0 Å². The fourth-order valence-corrected chi connectivity index (χ4v) is 2.84. The second-order valence-electron chi connectivity index (χ2n) is 5.79. The van der Waals surface area contributed by atoms with Gasteiger partial charge in [0.1, 0.15) is 0 Å². The first-order valence-corrected chi connectivity index (χ1v) is 7.25. The Morgan fingerprint density at radius 1 is 1.17 bits per heavy atom. The molecule has 98 valence electrons. The molecule has 18 heavy (non-hydrogen) atoms. The van der Waals surface area contributed by atoms with Gasteiger partial charge in [-0.25, -0.2) is 0 Å². The van der Waals surface area contributed by atoms with Crippen LogP contribution in [0.15, 0.2) is 24.5 Å². The maximum atomic E-state index is 4.10. The number of nitrogens with one attached hydrogen (secondary N) is 1. The van der Waals surface area contributed by atoms with Crippen LogP contribution >= 0.6 is 0 Å². The van der Waals surface area contributed by atoms with E-state index in [0.29, 0.717) is 6.04 Å². The summed E-state index contributed by atoms with van der Waals surface area (Å²) in [7, 11) is 0. The third-order valence-electron chi connectivity index (χ3n) is 4.01. The summed E-state index contributed by atoms with van der Waals surface area (Å²) in [5.74, 6) is 0.966. The maximum absolute atomic E-state index is 4.10. The van der Waals surface area contributed by atoms with Crippen molar-refractivity contribution in [2.45, 2.75) is 38.3 Å². The molecule has 1 aliphatic heterocycles. The highest BCUT2D eigenvalue weighted by molar-refractivity contribution is 5.09. The van der Waals surface area contributed by atoms with Gasteiger partial charge in [-0.1, -0.05) is 0 Å². The summed E-state index contributed by atoms with van der Waals surface area (Å²) >= 11 is 0. The lowest BCUT2D eigenvalue weighted by Crippen LogP contribution is -2.38. The van der Waals surface area contributed by atoms with E-state index in [1.54, 1.807) is 0 Å². The maximum Gasteiger partial charge on any atom is 0.0271 e. The number of pyridine rings is 1. The molecule has 0 radical (unpaired) electrons. The van der Waals surface area contributed by atoms with Crippen molar-refractivity contribution in [2.75, 3.05) is 19.6 Å². The van der Waals surface area contributed by atoms with Crippen LogP contribution in [0.3, 0.4) is 0 Å². The zero-order valence-corrected chi connectivity index (χ0v) is 11.0. The second kappa shape index (κ2) is 5.81. The van der Waals surface area contributed by atoms with E-state index in [1.807, 2.05) is 12.4 Å². The smallest absolute Gasteiger partial charge is 0.0271 e. The molecule has 2 aliphatic rings. The molecule has 0 amide bonds. The Morgan fingerprint density at radius 3 is 2.67 bits per heavy atom. The van der Waals surface area contributed by atoms with Gasteiger partial charge >= 0.3 is 0 Å². The van der Waals surface area contributed by atoms with E-state index in [1.165, 1.54) is 50.9 Å². The standard InChI is InChI=1S/C15H23N3/c1-2-15(17-7-1)12-18(10-13-3-4-13)11-14-5-8-16-9-6-14/h5-6,8-9,13,15,17H,1-4,7,10-12H2. The summed E-state index contributed by atoms with van der Waals surface area (Å²) in [6, 6.07) is 5.00. The Morgan fingerprint density at radius 2 is 2.00 bits per heavy atom. The average molecular weight is 245 g/mol. The number of hydrogen-bond acceptors (Lipinski definition) is 3. The molecule has 1 saturated carbocycles. The van der Waals surface area contributed by atoms with Gasteiger partial charge in [-0.3, -0.25) is 9.88 Å². The average Bonchev–Trinajstić information content (AvgIpc) is 3.05. The van der Waals surface area contributed by atoms with E-state index in [0.717, 1.165) is 12.5 Å². The van der Waals surface area contributed by atoms with Crippen molar-refractivity contribution in [1.82, 2.24) is 15.2 Å². The fraction of sp³-hybridized carbons (Fsp3) is 0.667. The summed E-state index contributed by atoms with van der Waals surface area (Å²) in [4.78, 5) is 6.73. The highest BCUT2D eigenvalue weighted by Gasteiger charge is 2.26. The minimum absolute atomic E-state index is 0.714. The molecule has 1 aromatic rings. The predicted molar refractivity (Wildman–Crippen MR) is 73.3 cm³/mol. The van der Waals surface area contributed by atoms with Gasteiger partial charge in [0.05, 0.1) is 0 Å². The molecule has 1 unspecified atom stereocenters. The molecular formula is C15H23N3. The highest BCUT2D eigenvalue weighted by Crippen LogP contribution is 2.30. The molecule has 3 heteroatoms. The van der Waals surface area contributed by atoms with Crippen LogP contribution in [0.2, 0.25) is 0 Å². The van der Waals surface area contributed by atoms with Crippen molar-refractivity contribution < 1.29 is 0 Å². The largest absolute Gasteiger partial charge is 0.313 e. The molecule has 0 spiro atoms. The van der Waals surface area contributed by atoms with Crippen molar-refractivity contribution in [1.29, 1.82) is 0 Å². The summed E-state index contributed by atoms with van der Waals surface area (Å²) in [6.45, 7) is 4.77. The predicted octanol–water partition coefficient (Wildman–Crippen LogP) is 2.05. The van der Waals surface area contributed by atoms with Gasteiger partial charge in [0.2, 0.25) is 0 Å². The normalized spacial score (nSPS) is 23.7. The lowest BCUT2D eigenvalue weighted by molar-refractivity contribution is 0.232. The van der Waals surface area contributed by atoms with Gasteiger partial charge in [0.25, 0.3) is 0 Å². The van der Waals surface area contributed by atoms with Crippen molar-refractivity contribution in [2.24, 2.45) is 5.92 Å². The third kappa shape index (κ3) is 3.53. The molecule has 1 saturated heterocycles. The lowest BCUT2D eigenvalue weighted by Gasteiger charge is -2.25. The molecule has 2 fully saturated rings. The first-order chi connectivity index (χ1) is 8.90. The van der Waals surface area contributed by atoms with E-state index < -0.39 is 0 Å². The Balaban J connectivity index is 1.57. The van der Waals surface area contributed by atoms with E-state index in [2.05, 4.69) is 27.3 Å². The number of hydrogen-bond donors (Lipinski definition) is 1. The van der Waals surface area contributed by atoms with Crippen LogP contribution in [0.25, 0.3) is 0 Å². The lowest BCUT2D eigenvalue weighted by atomic mass is 10.2. The molecule has 1 aliphatic carbocycles. The van der Waals surface area contributed by atoms with Crippen molar-refractivity contribution in [3.63, 3.8) is 0 Å². The van der Waals surface area contributed by atoms with E-state index in [9.17, 15) is 0 Å². The van der Waals surface area contributed by atoms with Crippen molar-refractivity contribution >= 4 is 0 Å². The van der Waals surface area contributed by atoms with Crippen LogP contribution in [0.1, 0.15) is 31.2 Å². The molecule has 3 nitrogen and oxygen atoms in total. The van der Waals surface area contributed by atoms with E-state index in [4.69, 9.17) is 0 Å². The minimum Gasteiger partial charge on any atom is -0.313 e. The Bertz CT molecular complexity index is 355. The second-order valence-corrected chi connectivity index (χ2v) is 5.79. The molecule has 1 aromatic heterocycles. The van der Waals surface area contributed by atoms with Gasteiger partial charge in [0, 0.05) is 38.1 Å². The molecular weight excluding hydrogens is 222 g/mol. The summed E-state index contributed by atoms with van der Waals surface area (Å²) < 4.78 is 0. The Labute approximate surface area is 110 Å². The van der Waals surface area contributed by atoms with E-state index in [-0.39, 0.29) is 0 Å². The quantitative estimate of drug-likeness (QED) is 0.831. The first-order valence-electron chi connectivity index (χ1n) is 7.25. The van der Waals surface area contributed by atoms with Crippen LogP contribution < -0.4 is 5.32 Å². The van der Waals surface area contributed by atoms with Crippen LogP contribution in [-0.4, -0.2) is 35.6 Å². The SMILES string of the molecule is c1cc(CN(CC2CC2)CC2CCCN2)ccn1. The zero-order chi connectivity index (χ0) is 12.2. The summed E-state index contributed by atoms with van der Waals surface area (Å²) in [6.07, 6.45) is 9.36. The molecule has 2 heterocycles. The van der Waals surface area contributed by atoms with Crippen LogP contribution in [0, 0.1) is 5.92 Å². The summed E-state index contributed by atoms with van der Waals surface area (Å²) in [5, 5.41) is 3.61. The molecule has 3 rings (SSSR count).